The summed E-state index contributed by atoms with van der Waals surface area (Å²) in [5, 5.41) is 14.0. The van der Waals surface area contributed by atoms with Crippen molar-refractivity contribution < 1.29 is 9.84 Å². The van der Waals surface area contributed by atoms with E-state index in [0.717, 1.165) is 33.7 Å². The first-order chi connectivity index (χ1) is 12.8. The molecule has 0 saturated heterocycles. The summed E-state index contributed by atoms with van der Waals surface area (Å²) in [7, 11) is 0. The van der Waals surface area contributed by atoms with Gasteiger partial charge in [0.2, 0.25) is 0 Å². The molecular weight excluding hydrogens is 322 g/mol. The van der Waals surface area contributed by atoms with Crippen LogP contribution in [0.2, 0.25) is 0 Å². The molecule has 0 saturated carbocycles. The Kier molecular flexibility index (Phi) is 4.57. The van der Waals surface area contributed by atoms with Gasteiger partial charge in [-0.2, -0.15) is 0 Å². The second-order valence-corrected chi connectivity index (χ2v) is 6.29. The zero-order valence-corrected chi connectivity index (χ0v) is 14.5. The highest BCUT2D eigenvalue weighted by Crippen LogP contribution is 2.42. The van der Waals surface area contributed by atoms with E-state index in [2.05, 4.69) is 42.5 Å². The summed E-state index contributed by atoms with van der Waals surface area (Å²) >= 11 is 0. The van der Waals surface area contributed by atoms with Gasteiger partial charge in [0, 0.05) is 5.56 Å². The van der Waals surface area contributed by atoms with Crippen molar-refractivity contribution in [2.75, 3.05) is 13.3 Å². The van der Waals surface area contributed by atoms with Crippen LogP contribution >= 0.6 is 0 Å². The average Bonchev–Trinajstić information content (AvgIpc) is 2.69. The van der Waals surface area contributed by atoms with E-state index < -0.39 is 0 Å². The Balaban J connectivity index is 2.15. The summed E-state index contributed by atoms with van der Waals surface area (Å²) in [5.41, 5.74) is 9.22. The van der Waals surface area contributed by atoms with Crippen LogP contribution in [0.5, 0.6) is 5.75 Å². The van der Waals surface area contributed by atoms with Crippen LogP contribution in [0.25, 0.3) is 32.7 Å². The summed E-state index contributed by atoms with van der Waals surface area (Å²) in [4.78, 5) is 0. The molecule has 4 aromatic carbocycles. The normalized spacial score (nSPS) is 11.2. The van der Waals surface area contributed by atoms with Gasteiger partial charge in [-0.15, -0.1) is 0 Å². The average molecular weight is 343 g/mol. The molecule has 130 valence electrons. The Morgan fingerprint density at radius 1 is 0.731 bits per heavy atom. The quantitative estimate of drug-likeness (QED) is 0.525. The van der Waals surface area contributed by atoms with Crippen molar-refractivity contribution in [2.24, 2.45) is 5.73 Å². The minimum atomic E-state index is -0.359. The molecule has 0 fully saturated rings. The molecule has 0 heterocycles. The van der Waals surface area contributed by atoms with E-state index in [-0.39, 0.29) is 6.79 Å². The fourth-order valence-corrected chi connectivity index (χ4v) is 3.67. The fraction of sp³-hybridized carbons (Fsp3) is 0.130. The van der Waals surface area contributed by atoms with E-state index in [4.69, 9.17) is 10.5 Å². The number of aliphatic hydroxyl groups excluding tert-OH is 1. The zero-order valence-electron chi connectivity index (χ0n) is 14.5. The van der Waals surface area contributed by atoms with Crippen LogP contribution in [-0.4, -0.2) is 18.4 Å². The number of aliphatic hydroxyl groups is 1. The van der Waals surface area contributed by atoms with Gasteiger partial charge in [0.05, 0.1) is 0 Å². The molecule has 26 heavy (non-hydrogen) atoms. The number of rotatable bonds is 5. The van der Waals surface area contributed by atoms with Gasteiger partial charge >= 0.3 is 0 Å². The monoisotopic (exact) mass is 343 g/mol. The third kappa shape index (κ3) is 2.81. The Hall–Kier alpha value is -2.88. The predicted molar refractivity (Wildman–Crippen MR) is 107 cm³/mol. The van der Waals surface area contributed by atoms with Crippen molar-refractivity contribution in [1.29, 1.82) is 0 Å². The molecule has 0 unspecified atom stereocenters. The number of nitrogens with two attached hydrogens (primary N) is 1. The molecule has 0 aliphatic rings. The van der Waals surface area contributed by atoms with Gasteiger partial charge in [-0.3, -0.25) is 0 Å². The first-order valence-corrected chi connectivity index (χ1v) is 8.80. The molecule has 0 atom stereocenters. The number of hydrogen-bond acceptors (Lipinski definition) is 3. The van der Waals surface area contributed by atoms with Crippen molar-refractivity contribution >= 4 is 21.5 Å². The van der Waals surface area contributed by atoms with E-state index in [1.165, 1.54) is 10.9 Å². The predicted octanol–water partition coefficient (Wildman–Crippen LogP) is 4.49. The maximum Gasteiger partial charge on any atom is 0.186 e. The summed E-state index contributed by atoms with van der Waals surface area (Å²) in [6.07, 6.45) is 0.780. The Bertz CT molecular complexity index is 985. The Morgan fingerprint density at radius 2 is 1.35 bits per heavy atom. The van der Waals surface area contributed by atoms with Crippen LogP contribution in [0.4, 0.5) is 0 Å². The summed E-state index contributed by atoms with van der Waals surface area (Å²) in [5.74, 6) is 0.681. The molecular formula is C23H21NO2. The molecule has 3 heteroatoms. The molecule has 4 rings (SSSR count). The minimum absolute atomic E-state index is 0.359. The van der Waals surface area contributed by atoms with E-state index >= 15 is 0 Å². The van der Waals surface area contributed by atoms with Crippen LogP contribution in [0, 0.1) is 0 Å². The second-order valence-electron chi connectivity index (χ2n) is 6.29. The van der Waals surface area contributed by atoms with Crippen molar-refractivity contribution in [3.05, 3.63) is 78.4 Å². The molecule has 0 bridgehead atoms. The maximum absolute atomic E-state index is 9.41. The topological polar surface area (TPSA) is 55.5 Å². The highest BCUT2D eigenvalue weighted by Gasteiger charge is 2.17. The van der Waals surface area contributed by atoms with Crippen molar-refractivity contribution in [3.63, 3.8) is 0 Å². The lowest BCUT2D eigenvalue weighted by Gasteiger charge is -2.18. The summed E-state index contributed by atoms with van der Waals surface area (Å²) < 4.78 is 5.61. The van der Waals surface area contributed by atoms with Gasteiger partial charge in [-0.05, 0) is 51.7 Å². The number of hydrogen-bond donors (Lipinski definition) is 2. The second kappa shape index (κ2) is 7.16. The summed E-state index contributed by atoms with van der Waals surface area (Å²) in [6, 6.07) is 24.8. The van der Waals surface area contributed by atoms with Gasteiger partial charge < -0.3 is 15.6 Å². The zero-order chi connectivity index (χ0) is 17.9. The standard InChI is InChI=1S/C23H21NO2/c24-14-13-18-10-9-16-5-1-3-7-19(16)22(18)23-20-8-4-2-6-17(20)11-12-21(23)26-15-25/h1-12,25H,13-15,24H2. The van der Waals surface area contributed by atoms with Gasteiger partial charge in [0.15, 0.2) is 6.79 Å². The van der Waals surface area contributed by atoms with E-state index in [1.54, 1.807) is 0 Å². The molecule has 0 spiro atoms. The first-order valence-electron chi connectivity index (χ1n) is 8.80. The largest absolute Gasteiger partial charge is 0.467 e. The lowest BCUT2D eigenvalue weighted by Crippen LogP contribution is -2.05. The first kappa shape index (κ1) is 16.6. The lowest BCUT2D eigenvalue weighted by molar-refractivity contribution is 0.0992. The highest BCUT2D eigenvalue weighted by molar-refractivity contribution is 6.08. The smallest absolute Gasteiger partial charge is 0.186 e. The van der Waals surface area contributed by atoms with Gasteiger partial charge in [0.1, 0.15) is 5.75 Å². The Labute approximate surface area is 152 Å². The molecule has 4 aromatic rings. The van der Waals surface area contributed by atoms with Gasteiger partial charge in [-0.1, -0.05) is 66.7 Å². The van der Waals surface area contributed by atoms with E-state index in [1.807, 2.05) is 30.3 Å². The molecule has 0 aliphatic carbocycles. The van der Waals surface area contributed by atoms with Crippen molar-refractivity contribution in [2.45, 2.75) is 6.42 Å². The minimum Gasteiger partial charge on any atom is -0.467 e. The van der Waals surface area contributed by atoms with E-state index in [0.29, 0.717) is 12.3 Å². The molecule has 0 amide bonds. The van der Waals surface area contributed by atoms with Crippen LogP contribution in [0.3, 0.4) is 0 Å². The SMILES string of the molecule is NCCc1ccc2ccccc2c1-c1c(OCO)ccc2ccccc12. The van der Waals surface area contributed by atoms with Crippen molar-refractivity contribution in [1.82, 2.24) is 0 Å². The fourth-order valence-electron chi connectivity index (χ4n) is 3.67. The van der Waals surface area contributed by atoms with Crippen molar-refractivity contribution in [3.8, 4) is 16.9 Å². The van der Waals surface area contributed by atoms with Gasteiger partial charge in [0.25, 0.3) is 0 Å². The molecule has 3 nitrogen and oxygen atoms in total. The summed E-state index contributed by atoms with van der Waals surface area (Å²) in [6.45, 7) is 0.217. The molecule has 0 aliphatic heterocycles. The highest BCUT2D eigenvalue weighted by atomic mass is 16.6. The van der Waals surface area contributed by atoms with Crippen LogP contribution < -0.4 is 10.5 Å². The lowest BCUT2D eigenvalue weighted by atomic mass is 9.88. The van der Waals surface area contributed by atoms with Crippen LogP contribution in [-0.2, 0) is 6.42 Å². The third-order valence-corrected chi connectivity index (χ3v) is 4.79. The van der Waals surface area contributed by atoms with Gasteiger partial charge in [-0.25, -0.2) is 0 Å². The number of ether oxygens (including phenoxy) is 1. The number of benzene rings is 4. The Morgan fingerprint density at radius 3 is 2.00 bits per heavy atom. The van der Waals surface area contributed by atoms with Crippen LogP contribution in [0.15, 0.2) is 72.8 Å². The number of fused-ring (bicyclic) bond motifs is 2. The third-order valence-electron chi connectivity index (χ3n) is 4.79. The molecule has 0 aromatic heterocycles. The maximum atomic E-state index is 9.41. The van der Waals surface area contributed by atoms with E-state index in [9.17, 15) is 5.11 Å². The van der Waals surface area contributed by atoms with Crippen LogP contribution in [0.1, 0.15) is 5.56 Å². The molecule has 0 radical (unpaired) electrons. The molecule has 3 N–H and O–H groups in total.